The zero-order chi connectivity index (χ0) is 27.1. The van der Waals surface area contributed by atoms with E-state index in [2.05, 4.69) is 58.8 Å². The lowest BCUT2D eigenvalue weighted by Gasteiger charge is -2.39. The average Bonchev–Trinajstić information content (AvgIpc) is 3.73. The summed E-state index contributed by atoms with van der Waals surface area (Å²) < 4.78 is 0.696. The normalized spacial score (nSPS) is 55.6. The Morgan fingerprint density at radius 1 is 0.302 bits per heavy atom. The maximum absolute atomic E-state index is 4.28. The molecule has 11 heteroatoms. The highest BCUT2D eigenvalue weighted by atomic mass is 27.0. The summed E-state index contributed by atoms with van der Waals surface area (Å²) in [6, 6.07) is 0. The van der Waals surface area contributed by atoms with Crippen LogP contribution in [0.15, 0.2) is 0 Å². The van der Waals surface area contributed by atoms with Gasteiger partial charge in [0.15, 0.2) is 0 Å². The summed E-state index contributed by atoms with van der Waals surface area (Å²) >= 11 is 3.28. The monoisotopic (exact) mass is 614 g/mol. The van der Waals surface area contributed by atoms with Gasteiger partial charge in [-0.25, -0.2) is 0 Å². The molecule has 0 spiro atoms. The van der Waals surface area contributed by atoms with E-state index in [4.69, 9.17) is 0 Å². The fourth-order valence-electron chi connectivity index (χ4n) is 12.1. The Hall–Kier alpha value is 0.132. The highest BCUT2D eigenvalue weighted by molar-refractivity contribution is 6.12. The second-order valence-electron chi connectivity index (χ2n) is 15.8. The Morgan fingerprint density at radius 2 is 0.558 bits per heavy atom. The van der Waals surface area contributed by atoms with Gasteiger partial charge in [-0.05, 0) is 92.3 Å². The smallest absolute Gasteiger partial charge is 0.124 e. The second kappa shape index (κ2) is 13.0. The summed E-state index contributed by atoms with van der Waals surface area (Å²) in [7, 11) is 0. The van der Waals surface area contributed by atoms with Crippen molar-refractivity contribution < 1.29 is 11.0 Å². The molecule has 9 fully saturated rings. The predicted molar refractivity (Wildman–Crippen MR) is 169 cm³/mol. The van der Waals surface area contributed by atoms with Crippen LogP contribution in [0.25, 0.3) is 0 Å². The quantitative estimate of drug-likeness (QED) is 0.184. The van der Waals surface area contributed by atoms with Crippen molar-refractivity contribution in [2.75, 3.05) is 0 Å². The van der Waals surface area contributed by atoms with Crippen LogP contribution in [-0.4, -0.2) is 76.6 Å². The maximum Gasteiger partial charge on any atom is 0.124 e. The molecule has 5 heterocycles. The van der Waals surface area contributed by atoms with Crippen LogP contribution in [0.4, 0.5) is 0 Å². The minimum atomic E-state index is 0. The van der Waals surface area contributed by atoms with Gasteiger partial charge < -0.3 is 11.0 Å². The van der Waals surface area contributed by atoms with Crippen molar-refractivity contribution in [3.63, 3.8) is 0 Å². The largest absolute Gasteiger partial charge is 0.412 e. The summed E-state index contributed by atoms with van der Waals surface area (Å²) in [4.78, 5) is 0. The average molecular weight is 615 g/mol. The maximum atomic E-state index is 4.28. The van der Waals surface area contributed by atoms with E-state index < -0.39 is 0 Å². The molecule has 2 radical (unpaired) electrons. The van der Waals surface area contributed by atoms with E-state index in [0.29, 0.717) is 65.9 Å². The van der Waals surface area contributed by atoms with Gasteiger partial charge >= 0.3 is 0 Å². The Labute approximate surface area is 267 Å². The van der Waals surface area contributed by atoms with Crippen LogP contribution in [0, 0.1) is 47.3 Å². The third-order valence-electron chi connectivity index (χ3n) is 13.9. The van der Waals surface area contributed by atoms with Crippen molar-refractivity contribution >= 4 is 16.3 Å². The first kappa shape index (κ1) is 31.7. The molecule has 4 aliphatic carbocycles. The molecule has 0 aromatic carbocycles. The highest BCUT2D eigenvalue weighted by Gasteiger charge is 2.54. The van der Waals surface area contributed by atoms with Gasteiger partial charge in [-0.2, -0.15) is 0 Å². The topological polar surface area (TPSA) is 159 Å². The van der Waals surface area contributed by atoms with E-state index in [9.17, 15) is 0 Å². The fourth-order valence-corrected chi connectivity index (χ4v) is 12.9. The third-order valence-corrected chi connectivity index (χ3v) is 14.7. The first-order chi connectivity index (χ1) is 20.2. The third kappa shape index (κ3) is 5.49. The Kier molecular flexibility index (Phi) is 9.57. The number of hydrogen-bond donors (Lipinski definition) is 8. The van der Waals surface area contributed by atoms with Crippen molar-refractivity contribution in [2.24, 2.45) is 47.3 Å². The van der Waals surface area contributed by atoms with Gasteiger partial charge in [0.25, 0.3) is 0 Å². The van der Waals surface area contributed by atoms with Crippen LogP contribution in [0.5, 0.6) is 0 Å². The van der Waals surface area contributed by atoms with Crippen LogP contribution < -0.4 is 42.5 Å². The van der Waals surface area contributed by atoms with Crippen molar-refractivity contribution in [2.45, 2.75) is 150 Å². The van der Waals surface area contributed by atoms with E-state index in [1.54, 1.807) is 0 Å². The molecule has 43 heavy (non-hydrogen) atoms. The summed E-state index contributed by atoms with van der Waals surface area (Å²) in [5, 5.41) is 33.9. The lowest BCUT2D eigenvalue weighted by atomic mass is 9.76. The number of rotatable bonds is 0. The number of nitrogens with one attached hydrogen (secondary N) is 8. The predicted octanol–water partition coefficient (Wildman–Crippen LogP) is 0.523. The molecule has 0 aromatic heterocycles. The van der Waals surface area contributed by atoms with Crippen molar-refractivity contribution in [3.8, 4) is 0 Å². The molecular weight excluding hydrogens is 555 g/mol. The van der Waals surface area contributed by atoms with Gasteiger partial charge in [0, 0.05) is 0 Å². The van der Waals surface area contributed by atoms with Crippen molar-refractivity contribution in [1.82, 2.24) is 42.5 Å². The molecule has 8 bridgehead atoms. The van der Waals surface area contributed by atoms with Crippen molar-refractivity contribution in [1.29, 1.82) is 0 Å². The first-order valence-electron chi connectivity index (χ1n) is 18.1. The van der Waals surface area contributed by atoms with Crippen molar-refractivity contribution in [3.05, 3.63) is 0 Å². The Bertz CT molecular complexity index is 964. The van der Waals surface area contributed by atoms with Gasteiger partial charge in [-0.3, -0.25) is 42.5 Å². The van der Waals surface area contributed by atoms with E-state index in [0.717, 1.165) is 35.5 Å². The molecule has 5 saturated heterocycles. The van der Waals surface area contributed by atoms with Gasteiger partial charge in [-0.15, -0.1) is 4.78 Å². The molecule has 17 atom stereocenters. The molecule has 4 saturated carbocycles. The van der Waals surface area contributed by atoms with Crippen LogP contribution in [-0.2, 0) is 0 Å². The van der Waals surface area contributed by atoms with E-state index in [-0.39, 0.29) is 11.0 Å². The number of hydrogen-bond acceptors (Lipinski definition) is 8. The number of fused-ring (bicyclic) bond motifs is 20. The molecule has 10 nitrogen and oxygen atoms in total. The molecule has 5 aliphatic heterocycles. The molecule has 9 aliphatic rings. The molecule has 9 rings (SSSR count). The Morgan fingerprint density at radius 3 is 0.884 bits per heavy atom. The van der Waals surface area contributed by atoms with Gasteiger partial charge in [0.2, 0.25) is 0 Å². The molecular formula is C32H59AlN8O2. The minimum absolute atomic E-state index is 0. The van der Waals surface area contributed by atoms with Gasteiger partial charge in [0.1, 0.15) is 16.3 Å². The van der Waals surface area contributed by atoms with E-state index >= 15 is 0 Å². The molecule has 0 amide bonds. The van der Waals surface area contributed by atoms with Crippen LogP contribution in [0.3, 0.4) is 0 Å². The van der Waals surface area contributed by atoms with Crippen LogP contribution in [0.2, 0.25) is 4.78 Å². The van der Waals surface area contributed by atoms with E-state index in [1.807, 2.05) is 0 Å². The zero-order valence-corrected chi connectivity index (χ0v) is 27.2. The van der Waals surface area contributed by atoms with Gasteiger partial charge in [0.05, 0.1) is 49.3 Å². The molecule has 17 unspecified atom stereocenters. The molecule has 12 N–H and O–H groups in total. The zero-order valence-electron chi connectivity index (χ0n) is 26.0. The Balaban J connectivity index is 0.00000150. The summed E-state index contributed by atoms with van der Waals surface area (Å²) in [6.45, 7) is 0. The summed E-state index contributed by atoms with van der Waals surface area (Å²) in [5.74, 6) is 5.79. The van der Waals surface area contributed by atoms with Crippen LogP contribution in [0.1, 0.15) is 96.3 Å². The lowest BCUT2D eigenvalue weighted by molar-refractivity contribution is 0.168. The lowest BCUT2D eigenvalue weighted by Crippen LogP contribution is -2.61. The van der Waals surface area contributed by atoms with Crippen LogP contribution >= 0.6 is 0 Å². The standard InChI is InChI=1S/C32H55N8.Al.2H2O/c1-2-10-18-17(9-1)25-33-26(18)38-28-21-13-5-6-14-22(21)30(35-28)40-32-24-16-8-7-15-23(24)31(36-32)39-29-20-12-4-3-11-19(20)27(34-29)37-25;;;/h9,17-40H,1-8,10-16H2;;2*1H2. The minimum Gasteiger partial charge on any atom is -0.412 e. The van der Waals surface area contributed by atoms with Gasteiger partial charge in [-0.1, -0.05) is 51.4 Å². The second-order valence-corrected chi connectivity index (χ2v) is 16.7. The SMILES string of the molecule is O.O.[Al][CH]1CCCC2C3NC4NC(NC5NC(NC6NC(NC(N3)C12)C1CCCCC61)C1CCCCC51)C1CCCCC41. The first-order valence-corrected chi connectivity index (χ1v) is 18.7. The van der Waals surface area contributed by atoms with E-state index in [1.165, 1.54) is 96.3 Å². The summed E-state index contributed by atoms with van der Waals surface area (Å²) in [5.41, 5.74) is 0. The summed E-state index contributed by atoms with van der Waals surface area (Å²) in [6.07, 6.45) is 23.9. The fraction of sp³-hybridized carbons (Fsp3) is 1.00. The molecule has 242 valence electrons. The highest BCUT2D eigenvalue weighted by Crippen LogP contribution is 2.47. The molecule has 0 aromatic rings.